The molecule has 0 bridgehead atoms. The highest BCUT2D eigenvalue weighted by molar-refractivity contribution is 6.06. The first kappa shape index (κ1) is 31.6. The molecule has 2 nitrogen and oxygen atoms in total. The van der Waals surface area contributed by atoms with E-state index in [4.69, 9.17) is 0 Å². The predicted octanol–water partition coefficient (Wildman–Crippen LogP) is 14.8. The van der Waals surface area contributed by atoms with E-state index in [9.17, 15) is 0 Å². The second kappa shape index (κ2) is 13.4. The summed E-state index contributed by atoms with van der Waals surface area (Å²) in [5.74, 6) is 0. The van der Waals surface area contributed by atoms with Crippen LogP contribution < -0.4 is 10.2 Å². The molecular weight excluding hydrogens is 653 g/mol. The van der Waals surface area contributed by atoms with Crippen molar-refractivity contribution in [2.45, 2.75) is 0 Å². The van der Waals surface area contributed by atoms with Crippen LogP contribution in [0.5, 0.6) is 0 Å². The Balaban J connectivity index is 1.13. The molecular formula is C52H36N2. The van der Waals surface area contributed by atoms with Gasteiger partial charge >= 0.3 is 0 Å². The van der Waals surface area contributed by atoms with Gasteiger partial charge in [-0.2, -0.15) is 0 Å². The quantitative estimate of drug-likeness (QED) is 0.179. The van der Waals surface area contributed by atoms with Crippen molar-refractivity contribution in [3.63, 3.8) is 0 Å². The fourth-order valence-corrected chi connectivity index (χ4v) is 8.05. The molecule has 1 N–H and O–H groups in total. The molecule has 0 saturated heterocycles. The van der Waals surface area contributed by atoms with Crippen LogP contribution >= 0.6 is 0 Å². The highest BCUT2D eigenvalue weighted by Gasteiger charge is 2.19. The van der Waals surface area contributed by atoms with Crippen LogP contribution in [0.25, 0.3) is 65.3 Å². The summed E-state index contributed by atoms with van der Waals surface area (Å²) in [6, 6.07) is 76.6. The van der Waals surface area contributed by atoms with E-state index in [0.29, 0.717) is 0 Å². The Morgan fingerprint density at radius 1 is 0.315 bits per heavy atom. The minimum atomic E-state index is 1.05. The van der Waals surface area contributed by atoms with Crippen molar-refractivity contribution in [3.8, 4) is 22.3 Å². The van der Waals surface area contributed by atoms with Crippen molar-refractivity contribution in [1.29, 1.82) is 0 Å². The molecule has 254 valence electrons. The third kappa shape index (κ3) is 5.62. The van der Waals surface area contributed by atoms with Gasteiger partial charge in [-0.25, -0.2) is 0 Å². The SMILES string of the molecule is c1ccc2c(Nc3ccc(-c4ccc(N(c5cccc6ccccc56)c5cccc6ccccc56)cc4)c(-c4cccc5ccccc45)c3)cccc2c1. The first-order valence-electron chi connectivity index (χ1n) is 18.5. The van der Waals surface area contributed by atoms with E-state index in [1.165, 1.54) is 59.8 Å². The lowest BCUT2D eigenvalue weighted by Gasteiger charge is -2.28. The first-order chi connectivity index (χ1) is 26.8. The molecule has 10 rings (SSSR count). The van der Waals surface area contributed by atoms with Crippen LogP contribution in [-0.2, 0) is 0 Å². The van der Waals surface area contributed by atoms with Crippen molar-refractivity contribution >= 4 is 71.5 Å². The van der Waals surface area contributed by atoms with Gasteiger partial charge in [-0.05, 0) is 91.6 Å². The van der Waals surface area contributed by atoms with Crippen LogP contribution in [0.15, 0.2) is 212 Å². The Kier molecular flexibility index (Phi) is 7.85. The molecule has 0 amide bonds. The molecule has 0 atom stereocenters. The fourth-order valence-electron chi connectivity index (χ4n) is 8.05. The summed E-state index contributed by atoms with van der Waals surface area (Å²) in [6.07, 6.45) is 0. The molecule has 0 unspecified atom stereocenters. The molecule has 0 heterocycles. The summed E-state index contributed by atoms with van der Waals surface area (Å²) in [6.45, 7) is 0. The van der Waals surface area contributed by atoms with E-state index >= 15 is 0 Å². The van der Waals surface area contributed by atoms with Gasteiger partial charge in [0.2, 0.25) is 0 Å². The predicted molar refractivity (Wildman–Crippen MR) is 232 cm³/mol. The van der Waals surface area contributed by atoms with Gasteiger partial charge in [-0.1, -0.05) is 170 Å². The Morgan fingerprint density at radius 3 is 1.43 bits per heavy atom. The number of hydrogen-bond donors (Lipinski definition) is 1. The zero-order chi connectivity index (χ0) is 35.8. The fraction of sp³-hybridized carbons (Fsp3) is 0. The number of nitrogens with one attached hydrogen (secondary N) is 1. The smallest absolute Gasteiger partial charge is 0.0540 e. The Labute approximate surface area is 315 Å². The minimum absolute atomic E-state index is 1.05. The standard InChI is InChI=1S/C52H36N2/c1-5-21-43-36(13-1)17-9-25-48(43)49-35-41(53-50-26-10-18-37-14-2-6-22-45(37)50)31-34-44(49)40-29-32-42(33-30-40)54(51-27-11-19-38-15-3-7-23-46(38)51)52-28-12-20-39-16-4-8-24-47(39)52/h1-35,53H. The van der Waals surface area contributed by atoms with Gasteiger partial charge < -0.3 is 10.2 Å². The van der Waals surface area contributed by atoms with Crippen LogP contribution in [0, 0.1) is 0 Å². The lowest BCUT2D eigenvalue weighted by atomic mass is 9.90. The molecule has 0 radical (unpaired) electrons. The van der Waals surface area contributed by atoms with Gasteiger partial charge in [0, 0.05) is 33.2 Å². The van der Waals surface area contributed by atoms with Crippen LogP contribution in [0.2, 0.25) is 0 Å². The Morgan fingerprint density at radius 2 is 0.796 bits per heavy atom. The van der Waals surface area contributed by atoms with E-state index < -0.39 is 0 Å². The largest absolute Gasteiger partial charge is 0.355 e. The van der Waals surface area contributed by atoms with Gasteiger partial charge in [0.15, 0.2) is 0 Å². The van der Waals surface area contributed by atoms with Crippen LogP contribution in [0.3, 0.4) is 0 Å². The zero-order valence-electron chi connectivity index (χ0n) is 29.7. The molecule has 0 saturated carbocycles. The molecule has 0 spiro atoms. The van der Waals surface area contributed by atoms with Crippen molar-refractivity contribution in [1.82, 2.24) is 0 Å². The summed E-state index contributed by atoms with van der Waals surface area (Å²) in [5.41, 5.74) is 10.3. The summed E-state index contributed by atoms with van der Waals surface area (Å²) < 4.78 is 0. The number of benzene rings is 10. The normalized spacial score (nSPS) is 11.3. The number of rotatable bonds is 7. The van der Waals surface area contributed by atoms with Crippen molar-refractivity contribution in [2.24, 2.45) is 0 Å². The number of nitrogens with zero attached hydrogens (tertiary/aromatic N) is 1. The van der Waals surface area contributed by atoms with Gasteiger partial charge in [0.25, 0.3) is 0 Å². The topological polar surface area (TPSA) is 15.3 Å². The van der Waals surface area contributed by atoms with Gasteiger partial charge in [0.1, 0.15) is 0 Å². The maximum atomic E-state index is 3.77. The van der Waals surface area contributed by atoms with E-state index in [0.717, 1.165) is 34.0 Å². The molecule has 54 heavy (non-hydrogen) atoms. The van der Waals surface area contributed by atoms with Crippen molar-refractivity contribution in [3.05, 3.63) is 212 Å². The Bertz CT molecular complexity index is 2880. The van der Waals surface area contributed by atoms with E-state index in [1.54, 1.807) is 0 Å². The second-order valence-electron chi connectivity index (χ2n) is 13.8. The third-order valence-electron chi connectivity index (χ3n) is 10.6. The average molecular weight is 689 g/mol. The third-order valence-corrected chi connectivity index (χ3v) is 10.6. The summed E-state index contributed by atoms with van der Waals surface area (Å²) in [7, 11) is 0. The average Bonchev–Trinajstić information content (AvgIpc) is 3.24. The number of hydrogen-bond acceptors (Lipinski definition) is 2. The molecule has 0 aliphatic rings. The van der Waals surface area contributed by atoms with Crippen molar-refractivity contribution in [2.75, 3.05) is 10.2 Å². The summed E-state index contributed by atoms with van der Waals surface area (Å²) >= 11 is 0. The molecule has 2 heteroatoms. The van der Waals surface area contributed by atoms with Crippen LogP contribution in [0.1, 0.15) is 0 Å². The van der Waals surface area contributed by atoms with Gasteiger partial charge in [-0.15, -0.1) is 0 Å². The second-order valence-corrected chi connectivity index (χ2v) is 13.8. The lowest BCUT2D eigenvalue weighted by Crippen LogP contribution is -2.11. The lowest BCUT2D eigenvalue weighted by molar-refractivity contribution is 1.31. The number of anilines is 5. The van der Waals surface area contributed by atoms with Crippen molar-refractivity contribution < 1.29 is 0 Å². The first-order valence-corrected chi connectivity index (χ1v) is 18.5. The zero-order valence-corrected chi connectivity index (χ0v) is 29.7. The van der Waals surface area contributed by atoms with E-state index in [-0.39, 0.29) is 0 Å². The van der Waals surface area contributed by atoms with Gasteiger partial charge in [0.05, 0.1) is 11.4 Å². The monoisotopic (exact) mass is 688 g/mol. The highest BCUT2D eigenvalue weighted by Crippen LogP contribution is 2.44. The molecule has 0 aliphatic heterocycles. The summed E-state index contributed by atoms with van der Waals surface area (Å²) in [4.78, 5) is 2.41. The Hall–Kier alpha value is -7.16. The minimum Gasteiger partial charge on any atom is -0.355 e. The van der Waals surface area contributed by atoms with E-state index in [2.05, 4.69) is 223 Å². The van der Waals surface area contributed by atoms with Gasteiger partial charge in [-0.3, -0.25) is 0 Å². The van der Waals surface area contributed by atoms with E-state index in [1.807, 2.05) is 0 Å². The maximum absolute atomic E-state index is 3.77. The van der Waals surface area contributed by atoms with Crippen LogP contribution in [0.4, 0.5) is 28.4 Å². The molecule has 0 aliphatic carbocycles. The molecule has 0 aromatic heterocycles. The number of fused-ring (bicyclic) bond motifs is 4. The molecule has 10 aromatic rings. The highest BCUT2D eigenvalue weighted by atomic mass is 15.1. The molecule has 10 aromatic carbocycles. The van der Waals surface area contributed by atoms with Crippen LogP contribution in [-0.4, -0.2) is 0 Å². The molecule has 0 fully saturated rings. The summed E-state index contributed by atoms with van der Waals surface area (Å²) in [5, 5.41) is 13.5. The maximum Gasteiger partial charge on any atom is 0.0540 e.